The van der Waals surface area contributed by atoms with E-state index in [1.54, 1.807) is 13.8 Å². The Labute approximate surface area is 89.0 Å². The molecule has 0 unspecified atom stereocenters. The fourth-order valence-corrected chi connectivity index (χ4v) is 1.65. The molecule has 0 saturated carbocycles. The summed E-state index contributed by atoms with van der Waals surface area (Å²) < 4.78 is 10.4. The molecule has 1 aromatic rings. The summed E-state index contributed by atoms with van der Waals surface area (Å²) >= 11 is 0. The molecule has 0 amide bonds. The SMILES string of the molecule is CCOC(=O)[C@@]1(C)O[C@@H]1c1ccccc1. The quantitative estimate of drug-likeness (QED) is 0.561. The lowest BCUT2D eigenvalue weighted by Gasteiger charge is -2.05. The molecule has 0 aliphatic carbocycles. The first-order chi connectivity index (χ1) is 7.18. The minimum absolute atomic E-state index is 0.155. The lowest BCUT2D eigenvalue weighted by Crippen LogP contribution is -2.24. The van der Waals surface area contributed by atoms with Gasteiger partial charge >= 0.3 is 5.97 Å². The van der Waals surface area contributed by atoms with Crippen LogP contribution in [0.2, 0.25) is 0 Å². The second-order valence-corrected chi connectivity index (χ2v) is 3.74. The lowest BCUT2D eigenvalue weighted by molar-refractivity contribution is -0.148. The van der Waals surface area contributed by atoms with Crippen LogP contribution in [0.4, 0.5) is 0 Å². The van der Waals surface area contributed by atoms with Crippen LogP contribution in [0.25, 0.3) is 0 Å². The summed E-state index contributed by atoms with van der Waals surface area (Å²) in [6.07, 6.45) is -0.155. The Hall–Kier alpha value is -1.35. The van der Waals surface area contributed by atoms with E-state index in [9.17, 15) is 4.79 Å². The van der Waals surface area contributed by atoms with E-state index in [0.29, 0.717) is 6.61 Å². The Bertz CT molecular complexity index is 360. The maximum Gasteiger partial charge on any atom is 0.341 e. The maximum atomic E-state index is 11.6. The van der Waals surface area contributed by atoms with Crippen LogP contribution in [-0.4, -0.2) is 18.2 Å². The molecule has 1 aliphatic heterocycles. The van der Waals surface area contributed by atoms with E-state index >= 15 is 0 Å². The largest absolute Gasteiger partial charge is 0.464 e. The minimum Gasteiger partial charge on any atom is -0.464 e. The number of benzene rings is 1. The number of carbonyl (C=O) groups excluding carboxylic acids is 1. The second-order valence-electron chi connectivity index (χ2n) is 3.74. The molecule has 0 aromatic heterocycles. The zero-order valence-corrected chi connectivity index (χ0v) is 8.90. The molecule has 1 aliphatic rings. The summed E-state index contributed by atoms with van der Waals surface area (Å²) in [6, 6.07) is 9.71. The van der Waals surface area contributed by atoms with Gasteiger partial charge in [-0.2, -0.15) is 0 Å². The molecule has 1 heterocycles. The highest BCUT2D eigenvalue weighted by Crippen LogP contribution is 2.49. The van der Waals surface area contributed by atoms with Crippen molar-refractivity contribution in [3.63, 3.8) is 0 Å². The standard InChI is InChI=1S/C12H14O3/c1-3-14-11(13)12(2)10(15-12)9-7-5-4-6-8-9/h4-8,10H,3H2,1-2H3/t10-,12+/m1/s1. The van der Waals surface area contributed by atoms with Crippen LogP contribution >= 0.6 is 0 Å². The summed E-state index contributed by atoms with van der Waals surface area (Å²) in [5.41, 5.74) is 0.241. The van der Waals surface area contributed by atoms with Crippen LogP contribution in [-0.2, 0) is 14.3 Å². The zero-order chi connectivity index (χ0) is 10.9. The molecule has 2 rings (SSSR count). The van der Waals surface area contributed by atoms with Gasteiger partial charge < -0.3 is 9.47 Å². The van der Waals surface area contributed by atoms with E-state index in [1.165, 1.54) is 0 Å². The lowest BCUT2D eigenvalue weighted by atomic mass is 10.0. The number of esters is 1. The Morgan fingerprint density at radius 3 is 2.73 bits per heavy atom. The zero-order valence-electron chi connectivity index (χ0n) is 8.90. The normalized spacial score (nSPS) is 28.5. The highest BCUT2D eigenvalue weighted by molar-refractivity contribution is 5.83. The maximum absolute atomic E-state index is 11.6. The average Bonchev–Trinajstić information content (AvgIpc) is 2.94. The first-order valence-corrected chi connectivity index (χ1v) is 5.08. The van der Waals surface area contributed by atoms with Gasteiger partial charge in [0.05, 0.1) is 6.61 Å². The minimum atomic E-state index is -0.780. The average molecular weight is 206 g/mol. The van der Waals surface area contributed by atoms with Crippen molar-refractivity contribution in [2.75, 3.05) is 6.61 Å². The Morgan fingerprint density at radius 1 is 1.47 bits per heavy atom. The molecule has 1 aromatic carbocycles. The molecule has 2 atom stereocenters. The van der Waals surface area contributed by atoms with E-state index in [4.69, 9.17) is 9.47 Å². The molecule has 3 heteroatoms. The molecule has 0 radical (unpaired) electrons. The van der Waals surface area contributed by atoms with Crippen LogP contribution in [0.3, 0.4) is 0 Å². The molecule has 1 fully saturated rings. The summed E-state index contributed by atoms with van der Waals surface area (Å²) in [7, 11) is 0. The number of ether oxygens (including phenoxy) is 2. The van der Waals surface area contributed by atoms with Gasteiger partial charge in [0, 0.05) is 0 Å². The van der Waals surface area contributed by atoms with Gasteiger partial charge in [-0.05, 0) is 19.4 Å². The van der Waals surface area contributed by atoms with Gasteiger partial charge in [-0.15, -0.1) is 0 Å². The van der Waals surface area contributed by atoms with Gasteiger partial charge in [0.15, 0.2) is 5.60 Å². The van der Waals surface area contributed by atoms with Crippen molar-refractivity contribution < 1.29 is 14.3 Å². The van der Waals surface area contributed by atoms with Gasteiger partial charge in [0.1, 0.15) is 6.10 Å². The van der Waals surface area contributed by atoms with E-state index in [-0.39, 0.29) is 12.1 Å². The van der Waals surface area contributed by atoms with Crippen LogP contribution in [0.1, 0.15) is 25.5 Å². The Kier molecular flexibility index (Phi) is 2.49. The van der Waals surface area contributed by atoms with E-state index in [1.807, 2.05) is 30.3 Å². The number of carbonyl (C=O) groups is 1. The fourth-order valence-electron chi connectivity index (χ4n) is 1.65. The topological polar surface area (TPSA) is 38.8 Å². The number of rotatable bonds is 3. The van der Waals surface area contributed by atoms with Crippen molar-refractivity contribution in [1.29, 1.82) is 0 Å². The third-order valence-corrected chi connectivity index (χ3v) is 2.59. The molecule has 0 bridgehead atoms. The van der Waals surface area contributed by atoms with Gasteiger partial charge in [-0.25, -0.2) is 4.79 Å². The monoisotopic (exact) mass is 206 g/mol. The van der Waals surface area contributed by atoms with Crippen LogP contribution in [0.5, 0.6) is 0 Å². The summed E-state index contributed by atoms with van der Waals surface area (Å²) in [4.78, 5) is 11.6. The first kappa shape index (κ1) is 10.2. The third-order valence-electron chi connectivity index (χ3n) is 2.59. The smallest absolute Gasteiger partial charge is 0.341 e. The number of hydrogen-bond acceptors (Lipinski definition) is 3. The predicted octanol–water partition coefficient (Wildman–Crippen LogP) is 2.08. The predicted molar refractivity (Wildman–Crippen MR) is 55.3 cm³/mol. The van der Waals surface area contributed by atoms with Gasteiger partial charge in [-0.1, -0.05) is 30.3 Å². The number of hydrogen-bond donors (Lipinski definition) is 0. The summed E-state index contributed by atoms with van der Waals surface area (Å²) in [5, 5.41) is 0. The van der Waals surface area contributed by atoms with Crippen molar-refractivity contribution in [2.24, 2.45) is 0 Å². The van der Waals surface area contributed by atoms with Gasteiger partial charge in [0.25, 0.3) is 0 Å². The summed E-state index contributed by atoms with van der Waals surface area (Å²) in [5.74, 6) is -0.279. The molecular weight excluding hydrogens is 192 g/mol. The molecule has 0 spiro atoms. The fraction of sp³-hybridized carbons (Fsp3) is 0.417. The van der Waals surface area contributed by atoms with E-state index in [2.05, 4.69) is 0 Å². The van der Waals surface area contributed by atoms with E-state index in [0.717, 1.165) is 5.56 Å². The molecule has 3 nitrogen and oxygen atoms in total. The van der Waals surface area contributed by atoms with Crippen molar-refractivity contribution in [2.45, 2.75) is 25.6 Å². The first-order valence-electron chi connectivity index (χ1n) is 5.08. The van der Waals surface area contributed by atoms with Crippen LogP contribution < -0.4 is 0 Å². The van der Waals surface area contributed by atoms with Crippen molar-refractivity contribution in [3.8, 4) is 0 Å². The Morgan fingerprint density at radius 2 is 2.13 bits per heavy atom. The van der Waals surface area contributed by atoms with Gasteiger partial charge in [0.2, 0.25) is 0 Å². The molecule has 15 heavy (non-hydrogen) atoms. The summed E-state index contributed by atoms with van der Waals surface area (Å²) in [6.45, 7) is 3.95. The highest BCUT2D eigenvalue weighted by Gasteiger charge is 2.60. The van der Waals surface area contributed by atoms with Crippen LogP contribution in [0.15, 0.2) is 30.3 Å². The Balaban J connectivity index is 2.09. The number of epoxide rings is 1. The van der Waals surface area contributed by atoms with Crippen molar-refractivity contribution in [1.82, 2.24) is 0 Å². The molecule has 1 saturated heterocycles. The molecule has 0 N–H and O–H groups in total. The second kappa shape index (κ2) is 3.66. The van der Waals surface area contributed by atoms with E-state index < -0.39 is 5.60 Å². The third kappa shape index (κ3) is 1.75. The molecular formula is C12H14O3. The van der Waals surface area contributed by atoms with Crippen LogP contribution in [0, 0.1) is 0 Å². The highest BCUT2D eigenvalue weighted by atomic mass is 16.7. The van der Waals surface area contributed by atoms with Crippen molar-refractivity contribution in [3.05, 3.63) is 35.9 Å². The van der Waals surface area contributed by atoms with Gasteiger partial charge in [-0.3, -0.25) is 0 Å². The molecule has 80 valence electrons. The van der Waals surface area contributed by atoms with Crippen molar-refractivity contribution >= 4 is 5.97 Å².